The van der Waals surface area contributed by atoms with Crippen molar-refractivity contribution >= 4 is 16.9 Å². The van der Waals surface area contributed by atoms with E-state index in [1.54, 1.807) is 0 Å². The second kappa shape index (κ2) is 6.05. The first-order chi connectivity index (χ1) is 9.49. The van der Waals surface area contributed by atoms with Gasteiger partial charge >= 0.3 is 0 Å². The van der Waals surface area contributed by atoms with Crippen molar-refractivity contribution in [1.29, 1.82) is 0 Å². The van der Waals surface area contributed by atoms with Gasteiger partial charge in [0.05, 0.1) is 23.7 Å². The zero-order valence-corrected chi connectivity index (χ0v) is 12.4. The van der Waals surface area contributed by atoms with Crippen molar-refractivity contribution in [2.24, 2.45) is 7.05 Å². The second-order valence-corrected chi connectivity index (χ2v) is 5.10. The Labute approximate surface area is 118 Å². The summed E-state index contributed by atoms with van der Waals surface area (Å²) in [6.07, 6.45) is 0.180. The fourth-order valence-corrected chi connectivity index (χ4v) is 2.02. The van der Waals surface area contributed by atoms with Crippen molar-refractivity contribution in [2.45, 2.75) is 26.9 Å². The first-order valence-electron chi connectivity index (χ1n) is 6.82. The van der Waals surface area contributed by atoms with Gasteiger partial charge in [-0.2, -0.15) is 0 Å². The smallest absolute Gasteiger partial charge is 0.251 e. The summed E-state index contributed by atoms with van der Waals surface area (Å²) in [5, 5.41) is 2.84. The molecule has 0 saturated carbocycles. The molecule has 20 heavy (non-hydrogen) atoms. The molecule has 0 spiro atoms. The highest BCUT2D eigenvalue weighted by Crippen LogP contribution is 2.16. The van der Waals surface area contributed by atoms with Crippen LogP contribution in [-0.2, 0) is 11.8 Å². The number of nitrogens with zero attached hydrogens (tertiary/aromatic N) is 2. The number of carbonyl (C=O) groups is 1. The Morgan fingerprint density at radius 2 is 2.20 bits per heavy atom. The molecule has 0 aliphatic heterocycles. The minimum atomic E-state index is -0.0948. The maximum Gasteiger partial charge on any atom is 0.251 e. The zero-order valence-electron chi connectivity index (χ0n) is 12.4. The Morgan fingerprint density at radius 3 is 2.90 bits per heavy atom. The van der Waals surface area contributed by atoms with Crippen LogP contribution in [0.3, 0.4) is 0 Å². The summed E-state index contributed by atoms with van der Waals surface area (Å²) in [6, 6.07) is 5.57. The Morgan fingerprint density at radius 1 is 1.45 bits per heavy atom. The third-order valence-corrected chi connectivity index (χ3v) is 3.21. The standard InChI is InChI=1S/C15H21N3O2/c1-10(2)20-8-7-16-15(19)12-5-6-14-13(9-12)17-11(3)18(14)4/h5-6,9-10H,7-8H2,1-4H3,(H,16,19). The SMILES string of the molecule is Cc1nc2cc(C(=O)NCCOC(C)C)ccc2n1C. The highest BCUT2D eigenvalue weighted by Gasteiger charge is 2.09. The summed E-state index contributed by atoms with van der Waals surface area (Å²) >= 11 is 0. The van der Waals surface area contributed by atoms with Gasteiger partial charge in [0.2, 0.25) is 0 Å². The number of imidazole rings is 1. The van der Waals surface area contributed by atoms with E-state index in [0.29, 0.717) is 18.7 Å². The van der Waals surface area contributed by atoms with Gasteiger partial charge in [0, 0.05) is 19.2 Å². The summed E-state index contributed by atoms with van der Waals surface area (Å²) in [6.45, 7) is 6.92. The van der Waals surface area contributed by atoms with E-state index in [4.69, 9.17) is 4.74 Å². The molecule has 0 aliphatic rings. The Bertz CT molecular complexity index is 617. The van der Waals surface area contributed by atoms with Gasteiger partial charge in [-0.15, -0.1) is 0 Å². The molecule has 1 aromatic heterocycles. The molecule has 2 aromatic rings. The minimum absolute atomic E-state index is 0.0948. The molecule has 1 aromatic carbocycles. The van der Waals surface area contributed by atoms with Gasteiger partial charge in [-0.05, 0) is 39.0 Å². The van der Waals surface area contributed by atoms with E-state index < -0.39 is 0 Å². The zero-order chi connectivity index (χ0) is 14.7. The van der Waals surface area contributed by atoms with Gasteiger partial charge in [0.15, 0.2) is 0 Å². The fraction of sp³-hybridized carbons (Fsp3) is 0.467. The molecule has 0 bridgehead atoms. The maximum atomic E-state index is 12.0. The molecule has 0 radical (unpaired) electrons. The molecular weight excluding hydrogens is 254 g/mol. The number of aromatic nitrogens is 2. The van der Waals surface area contributed by atoms with E-state index in [9.17, 15) is 4.79 Å². The molecule has 2 rings (SSSR count). The average Bonchev–Trinajstić information content (AvgIpc) is 2.69. The van der Waals surface area contributed by atoms with Crippen molar-refractivity contribution in [3.05, 3.63) is 29.6 Å². The number of aryl methyl sites for hydroxylation is 2. The van der Waals surface area contributed by atoms with E-state index >= 15 is 0 Å². The van der Waals surface area contributed by atoms with Crippen molar-refractivity contribution in [2.75, 3.05) is 13.2 Å². The van der Waals surface area contributed by atoms with Gasteiger partial charge in [-0.3, -0.25) is 4.79 Å². The van der Waals surface area contributed by atoms with Crippen molar-refractivity contribution in [3.63, 3.8) is 0 Å². The van der Waals surface area contributed by atoms with Crippen LogP contribution in [0.4, 0.5) is 0 Å². The van der Waals surface area contributed by atoms with E-state index in [0.717, 1.165) is 16.9 Å². The number of hydrogen-bond acceptors (Lipinski definition) is 3. The number of fused-ring (bicyclic) bond motifs is 1. The normalized spacial score (nSPS) is 11.2. The van der Waals surface area contributed by atoms with Crippen LogP contribution in [0, 0.1) is 6.92 Å². The number of carbonyl (C=O) groups excluding carboxylic acids is 1. The number of rotatable bonds is 5. The Hall–Kier alpha value is -1.88. The van der Waals surface area contributed by atoms with Gasteiger partial charge in [0.25, 0.3) is 5.91 Å². The third kappa shape index (κ3) is 3.17. The summed E-state index contributed by atoms with van der Waals surface area (Å²) in [4.78, 5) is 16.5. The van der Waals surface area contributed by atoms with Gasteiger partial charge in [-0.1, -0.05) is 0 Å². The van der Waals surface area contributed by atoms with E-state index in [1.807, 2.05) is 50.6 Å². The van der Waals surface area contributed by atoms with Crippen LogP contribution in [0.15, 0.2) is 18.2 Å². The molecule has 0 aliphatic carbocycles. The third-order valence-electron chi connectivity index (χ3n) is 3.21. The molecule has 108 valence electrons. The lowest BCUT2D eigenvalue weighted by Crippen LogP contribution is -2.28. The summed E-state index contributed by atoms with van der Waals surface area (Å²) in [5.74, 6) is 0.838. The molecular formula is C15H21N3O2. The van der Waals surface area contributed by atoms with E-state index in [-0.39, 0.29) is 12.0 Å². The van der Waals surface area contributed by atoms with Crippen LogP contribution in [0.2, 0.25) is 0 Å². The van der Waals surface area contributed by atoms with Gasteiger partial charge in [-0.25, -0.2) is 4.98 Å². The highest BCUT2D eigenvalue weighted by atomic mass is 16.5. The number of ether oxygens (including phenoxy) is 1. The highest BCUT2D eigenvalue weighted by molar-refractivity contribution is 5.97. The van der Waals surface area contributed by atoms with E-state index in [1.165, 1.54) is 0 Å². The summed E-state index contributed by atoms with van der Waals surface area (Å²) < 4.78 is 7.39. The molecule has 5 nitrogen and oxygen atoms in total. The number of hydrogen-bond donors (Lipinski definition) is 1. The average molecular weight is 275 g/mol. The molecule has 1 amide bonds. The van der Waals surface area contributed by atoms with Crippen LogP contribution in [0.5, 0.6) is 0 Å². The lowest BCUT2D eigenvalue weighted by molar-refractivity contribution is 0.0746. The van der Waals surface area contributed by atoms with Gasteiger partial charge in [0.1, 0.15) is 5.82 Å². The van der Waals surface area contributed by atoms with E-state index in [2.05, 4.69) is 10.3 Å². The summed E-state index contributed by atoms with van der Waals surface area (Å²) in [5.41, 5.74) is 2.50. The first-order valence-corrected chi connectivity index (χ1v) is 6.82. The van der Waals surface area contributed by atoms with Gasteiger partial charge < -0.3 is 14.6 Å². The second-order valence-electron chi connectivity index (χ2n) is 5.10. The van der Waals surface area contributed by atoms with Crippen LogP contribution < -0.4 is 5.32 Å². The first kappa shape index (κ1) is 14.5. The Kier molecular flexibility index (Phi) is 4.39. The van der Waals surface area contributed by atoms with Crippen LogP contribution in [0.1, 0.15) is 30.0 Å². The number of amides is 1. The predicted octanol–water partition coefficient (Wildman–Crippen LogP) is 2.04. The maximum absolute atomic E-state index is 12.0. The van der Waals surface area contributed by atoms with Crippen molar-refractivity contribution in [1.82, 2.24) is 14.9 Å². The van der Waals surface area contributed by atoms with Crippen molar-refractivity contribution in [3.8, 4) is 0 Å². The van der Waals surface area contributed by atoms with Crippen molar-refractivity contribution < 1.29 is 9.53 Å². The van der Waals surface area contributed by atoms with Crippen LogP contribution in [0.25, 0.3) is 11.0 Å². The molecule has 5 heteroatoms. The minimum Gasteiger partial charge on any atom is -0.377 e. The monoisotopic (exact) mass is 275 g/mol. The lowest BCUT2D eigenvalue weighted by Gasteiger charge is -2.08. The molecule has 1 heterocycles. The number of nitrogens with one attached hydrogen (secondary N) is 1. The van der Waals surface area contributed by atoms with Crippen LogP contribution in [-0.4, -0.2) is 34.7 Å². The number of benzene rings is 1. The topological polar surface area (TPSA) is 56.1 Å². The molecule has 1 N–H and O–H groups in total. The Balaban J connectivity index is 2.03. The molecule has 0 unspecified atom stereocenters. The largest absolute Gasteiger partial charge is 0.377 e. The summed E-state index contributed by atoms with van der Waals surface area (Å²) in [7, 11) is 1.97. The molecule has 0 fully saturated rings. The lowest BCUT2D eigenvalue weighted by atomic mass is 10.2. The predicted molar refractivity (Wildman–Crippen MR) is 78.9 cm³/mol. The quantitative estimate of drug-likeness (QED) is 0.850. The molecule has 0 atom stereocenters. The fourth-order valence-electron chi connectivity index (χ4n) is 2.02. The van der Waals surface area contributed by atoms with Crippen LogP contribution >= 0.6 is 0 Å². The molecule has 0 saturated heterocycles.